The van der Waals surface area contributed by atoms with Crippen LogP contribution in [0.25, 0.3) is 0 Å². The summed E-state index contributed by atoms with van der Waals surface area (Å²) in [5.74, 6) is 0.594. The molecule has 0 bridgehead atoms. The second kappa shape index (κ2) is 14.8. The number of guanidine groups is 1. The summed E-state index contributed by atoms with van der Waals surface area (Å²) in [5, 5.41) is 3.07. The molecule has 3 N–H and O–H groups in total. The number of nitrogens with zero attached hydrogens (tertiary/aromatic N) is 1. The fourth-order valence-electron chi connectivity index (χ4n) is 0.807. The van der Waals surface area contributed by atoms with Crippen LogP contribution in [0, 0.1) is 0 Å². The zero-order valence-corrected chi connectivity index (χ0v) is 10.3. The van der Waals surface area contributed by atoms with Crippen molar-refractivity contribution in [2.24, 2.45) is 10.7 Å². The second-order valence-corrected chi connectivity index (χ2v) is 2.90. The molecule has 86 valence electrons. The first kappa shape index (κ1) is 15.7. The van der Waals surface area contributed by atoms with Gasteiger partial charge in [-0.25, -0.2) is 0 Å². The highest BCUT2D eigenvalue weighted by molar-refractivity contribution is 5.77. The molecule has 3 nitrogen and oxygen atoms in total. The van der Waals surface area contributed by atoms with Crippen molar-refractivity contribution in [3.63, 3.8) is 0 Å². The van der Waals surface area contributed by atoms with Gasteiger partial charge in [0, 0.05) is 13.1 Å². The smallest absolute Gasteiger partial charge is 0.188 e. The van der Waals surface area contributed by atoms with Gasteiger partial charge in [0.25, 0.3) is 0 Å². The fourth-order valence-corrected chi connectivity index (χ4v) is 0.807. The maximum atomic E-state index is 5.59. The van der Waals surface area contributed by atoms with Crippen molar-refractivity contribution >= 4 is 5.96 Å². The minimum absolute atomic E-state index is 0.594. The summed E-state index contributed by atoms with van der Waals surface area (Å²) in [5.41, 5.74) is 5.59. The van der Waals surface area contributed by atoms with Gasteiger partial charge >= 0.3 is 0 Å². The zero-order valence-electron chi connectivity index (χ0n) is 10.3. The van der Waals surface area contributed by atoms with E-state index in [9.17, 15) is 0 Å². The lowest BCUT2D eigenvalue weighted by atomic mass is 10.3. The molecular weight excluding hydrogens is 174 g/mol. The lowest BCUT2D eigenvalue weighted by Gasteiger charge is -2.03. The molecule has 0 spiro atoms. The van der Waals surface area contributed by atoms with Gasteiger partial charge in [-0.15, -0.1) is 0 Å². The van der Waals surface area contributed by atoms with Crippen LogP contribution in [-0.4, -0.2) is 19.0 Å². The van der Waals surface area contributed by atoms with Crippen molar-refractivity contribution in [3.05, 3.63) is 0 Å². The molecule has 0 amide bonds. The van der Waals surface area contributed by atoms with Gasteiger partial charge < -0.3 is 11.1 Å². The predicted octanol–water partition coefficient (Wildman–Crippen LogP) is 2.52. The molecule has 0 aromatic rings. The van der Waals surface area contributed by atoms with Crippen molar-refractivity contribution in [2.45, 2.75) is 53.4 Å². The molecule has 0 saturated carbocycles. The predicted molar refractivity (Wildman–Crippen MR) is 65.7 cm³/mol. The maximum Gasteiger partial charge on any atom is 0.188 e. The molecule has 0 fully saturated rings. The highest BCUT2D eigenvalue weighted by Gasteiger charge is 1.88. The lowest BCUT2D eigenvalue weighted by molar-refractivity contribution is 0.742. The standard InChI is InChI=1S/C9H21N3.C2H6/c1-3-5-7-11-9(10)12-8-6-4-2;1-2/h3-8H2,1-2H3,(H3,10,11,12);1-2H3. The number of rotatable bonds is 6. The van der Waals surface area contributed by atoms with Crippen LogP contribution >= 0.6 is 0 Å². The van der Waals surface area contributed by atoms with E-state index in [2.05, 4.69) is 24.2 Å². The third-order valence-electron chi connectivity index (χ3n) is 1.63. The van der Waals surface area contributed by atoms with Crippen LogP contribution in [0.4, 0.5) is 0 Å². The number of unbranched alkanes of at least 4 members (excludes halogenated alkanes) is 2. The van der Waals surface area contributed by atoms with Crippen LogP contribution in [0.2, 0.25) is 0 Å². The molecule has 0 saturated heterocycles. The number of aliphatic imine (C=N–C) groups is 1. The highest BCUT2D eigenvalue weighted by Crippen LogP contribution is 1.86. The Morgan fingerprint density at radius 3 is 2.21 bits per heavy atom. The Morgan fingerprint density at radius 2 is 1.71 bits per heavy atom. The van der Waals surface area contributed by atoms with E-state index in [0.29, 0.717) is 5.96 Å². The van der Waals surface area contributed by atoms with Gasteiger partial charge in [-0.2, -0.15) is 0 Å². The summed E-state index contributed by atoms with van der Waals surface area (Å²) in [6.45, 7) is 10.1. The Morgan fingerprint density at radius 1 is 1.14 bits per heavy atom. The van der Waals surface area contributed by atoms with Crippen molar-refractivity contribution in [2.75, 3.05) is 13.1 Å². The van der Waals surface area contributed by atoms with Crippen LogP contribution in [0.1, 0.15) is 53.4 Å². The van der Waals surface area contributed by atoms with E-state index in [-0.39, 0.29) is 0 Å². The second-order valence-electron chi connectivity index (χ2n) is 2.90. The number of nitrogens with two attached hydrogens (primary N) is 1. The summed E-state index contributed by atoms with van der Waals surface area (Å²) in [4.78, 5) is 4.17. The summed E-state index contributed by atoms with van der Waals surface area (Å²) in [7, 11) is 0. The Labute approximate surface area is 89.2 Å². The van der Waals surface area contributed by atoms with Gasteiger partial charge in [-0.3, -0.25) is 4.99 Å². The molecule has 0 aliphatic carbocycles. The van der Waals surface area contributed by atoms with Crippen LogP contribution in [0.5, 0.6) is 0 Å². The van der Waals surface area contributed by atoms with Gasteiger partial charge in [0.2, 0.25) is 0 Å². The van der Waals surface area contributed by atoms with E-state index in [1.807, 2.05) is 13.8 Å². The number of hydrogen-bond acceptors (Lipinski definition) is 1. The van der Waals surface area contributed by atoms with Gasteiger partial charge in [-0.05, 0) is 12.8 Å². The Hall–Kier alpha value is -0.730. The van der Waals surface area contributed by atoms with E-state index in [0.717, 1.165) is 25.9 Å². The first-order valence-electron chi connectivity index (χ1n) is 5.85. The minimum Gasteiger partial charge on any atom is -0.370 e. The SMILES string of the molecule is CC.CCCCN=C(N)NCCCC. The Bertz CT molecular complexity index is 122. The minimum atomic E-state index is 0.594. The van der Waals surface area contributed by atoms with E-state index in [4.69, 9.17) is 5.73 Å². The lowest BCUT2D eigenvalue weighted by Crippen LogP contribution is -2.32. The van der Waals surface area contributed by atoms with Gasteiger partial charge in [-0.1, -0.05) is 40.5 Å². The van der Waals surface area contributed by atoms with Crippen LogP contribution in [0.15, 0.2) is 4.99 Å². The van der Waals surface area contributed by atoms with Gasteiger partial charge in [0.05, 0.1) is 0 Å². The molecule has 14 heavy (non-hydrogen) atoms. The summed E-state index contributed by atoms with van der Waals surface area (Å²) >= 11 is 0. The molecule has 3 heteroatoms. The van der Waals surface area contributed by atoms with Crippen LogP contribution in [-0.2, 0) is 0 Å². The van der Waals surface area contributed by atoms with E-state index in [1.54, 1.807) is 0 Å². The summed E-state index contributed by atoms with van der Waals surface area (Å²) in [6.07, 6.45) is 4.64. The van der Waals surface area contributed by atoms with E-state index in [1.165, 1.54) is 12.8 Å². The average molecular weight is 201 g/mol. The van der Waals surface area contributed by atoms with Crippen molar-refractivity contribution < 1.29 is 0 Å². The molecule has 0 unspecified atom stereocenters. The Kier molecular flexibility index (Phi) is 16.6. The van der Waals surface area contributed by atoms with Crippen LogP contribution in [0.3, 0.4) is 0 Å². The molecule has 0 rings (SSSR count). The molecular formula is C11H27N3. The van der Waals surface area contributed by atoms with Crippen LogP contribution < -0.4 is 11.1 Å². The van der Waals surface area contributed by atoms with E-state index < -0.39 is 0 Å². The highest BCUT2D eigenvalue weighted by atomic mass is 15.1. The molecule has 0 heterocycles. The molecule has 0 aromatic heterocycles. The first-order chi connectivity index (χ1) is 6.81. The fraction of sp³-hybridized carbons (Fsp3) is 0.909. The monoisotopic (exact) mass is 201 g/mol. The third-order valence-corrected chi connectivity index (χ3v) is 1.63. The molecule has 0 aliphatic rings. The third kappa shape index (κ3) is 13.8. The van der Waals surface area contributed by atoms with E-state index >= 15 is 0 Å². The summed E-state index contributed by atoms with van der Waals surface area (Å²) in [6, 6.07) is 0. The average Bonchev–Trinajstić information content (AvgIpc) is 2.22. The van der Waals surface area contributed by atoms with Crippen molar-refractivity contribution in [1.29, 1.82) is 0 Å². The van der Waals surface area contributed by atoms with Crippen molar-refractivity contribution in [1.82, 2.24) is 5.32 Å². The summed E-state index contributed by atoms with van der Waals surface area (Å²) < 4.78 is 0. The molecule has 0 aliphatic heterocycles. The topological polar surface area (TPSA) is 50.4 Å². The van der Waals surface area contributed by atoms with Gasteiger partial charge in [0.1, 0.15) is 0 Å². The first-order valence-corrected chi connectivity index (χ1v) is 5.85. The molecule has 0 aromatic carbocycles. The Balaban J connectivity index is 0. The normalized spacial score (nSPS) is 10.4. The van der Waals surface area contributed by atoms with Gasteiger partial charge in [0.15, 0.2) is 5.96 Å². The largest absolute Gasteiger partial charge is 0.370 e. The molecule has 0 atom stereocenters. The maximum absolute atomic E-state index is 5.59. The number of nitrogens with one attached hydrogen (secondary N) is 1. The molecule has 0 radical (unpaired) electrons. The number of hydrogen-bond donors (Lipinski definition) is 2. The van der Waals surface area contributed by atoms with Crippen molar-refractivity contribution in [3.8, 4) is 0 Å². The zero-order chi connectivity index (χ0) is 11.2. The quantitative estimate of drug-likeness (QED) is 0.394.